The standard InChI is InChI=1S/C17H19ClN4O/c1-11-5-6-15(14(18)9-11)21-16(23)13-10-19-17(20-12(13)2)22-7-3-4-8-22/h5-6,9-10H,3-4,7-8H2,1-2H3,(H,21,23). The molecule has 0 bridgehead atoms. The van der Waals surface area contributed by atoms with Crippen LogP contribution in [0, 0.1) is 13.8 Å². The Morgan fingerprint density at radius 1 is 1.26 bits per heavy atom. The van der Waals surface area contributed by atoms with Crippen LogP contribution in [0.4, 0.5) is 11.6 Å². The molecule has 2 aromatic rings. The van der Waals surface area contributed by atoms with E-state index in [1.54, 1.807) is 12.3 Å². The lowest BCUT2D eigenvalue weighted by Gasteiger charge is -2.16. The number of amides is 1. The molecule has 23 heavy (non-hydrogen) atoms. The summed E-state index contributed by atoms with van der Waals surface area (Å²) in [6.07, 6.45) is 3.92. The minimum atomic E-state index is -0.249. The van der Waals surface area contributed by atoms with Crippen LogP contribution in [0.25, 0.3) is 0 Å². The molecule has 1 fully saturated rings. The molecule has 1 N–H and O–H groups in total. The molecule has 0 unspecified atom stereocenters. The second-order valence-corrected chi connectivity index (χ2v) is 6.21. The Bertz CT molecular complexity index is 741. The molecule has 3 rings (SSSR count). The summed E-state index contributed by atoms with van der Waals surface area (Å²) in [6, 6.07) is 5.52. The quantitative estimate of drug-likeness (QED) is 0.934. The normalized spacial score (nSPS) is 14.1. The van der Waals surface area contributed by atoms with Gasteiger partial charge in [0.2, 0.25) is 5.95 Å². The van der Waals surface area contributed by atoms with E-state index in [-0.39, 0.29) is 5.91 Å². The largest absolute Gasteiger partial charge is 0.341 e. The van der Waals surface area contributed by atoms with Crippen molar-refractivity contribution in [2.24, 2.45) is 0 Å². The number of nitrogens with zero attached hydrogens (tertiary/aromatic N) is 3. The number of hydrogen-bond acceptors (Lipinski definition) is 4. The van der Waals surface area contributed by atoms with Gasteiger partial charge in [-0.25, -0.2) is 9.97 Å². The van der Waals surface area contributed by atoms with Crippen LogP contribution in [0.2, 0.25) is 5.02 Å². The predicted octanol–water partition coefficient (Wildman–Crippen LogP) is 3.60. The lowest BCUT2D eigenvalue weighted by molar-refractivity contribution is 0.102. The lowest BCUT2D eigenvalue weighted by atomic mass is 10.2. The number of aromatic nitrogens is 2. The SMILES string of the molecule is Cc1ccc(NC(=O)c2cnc(N3CCCC3)nc2C)c(Cl)c1. The van der Waals surface area contributed by atoms with Crippen molar-refractivity contribution in [1.29, 1.82) is 0 Å². The highest BCUT2D eigenvalue weighted by atomic mass is 35.5. The Hall–Kier alpha value is -2.14. The van der Waals surface area contributed by atoms with Crippen LogP contribution in [0.15, 0.2) is 24.4 Å². The Labute approximate surface area is 140 Å². The van der Waals surface area contributed by atoms with E-state index in [1.807, 2.05) is 26.0 Å². The highest BCUT2D eigenvalue weighted by Crippen LogP contribution is 2.24. The maximum atomic E-state index is 12.4. The number of benzene rings is 1. The van der Waals surface area contributed by atoms with Gasteiger partial charge in [-0.3, -0.25) is 4.79 Å². The molecule has 1 aliphatic heterocycles. The van der Waals surface area contributed by atoms with Crippen molar-refractivity contribution < 1.29 is 4.79 Å². The minimum Gasteiger partial charge on any atom is -0.341 e. The van der Waals surface area contributed by atoms with Gasteiger partial charge in [-0.15, -0.1) is 0 Å². The first-order valence-electron chi connectivity index (χ1n) is 7.70. The molecule has 1 aromatic heterocycles. The fourth-order valence-corrected chi connectivity index (χ4v) is 2.94. The van der Waals surface area contributed by atoms with Gasteiger partial charge in [-0.05, 0) is 44.4 Å². The highest BCUT2D eigenvalue weighted by molar-refractivity contribution is 6.34. The van der Waals surface area contributed by atoms with Gasteiger partial charge in [-0.2, -0.15) is 0 Å². The van der Waals surface area contributed by atoms with E-state index in [2.05, 4.69) is 20.2 Å². The number of carbonyl (C=O) groups excluding carboxylic acids is 1. The van der Waals surface area contributed by atoms with Crippen LogP contribution in [-0.2, 0) is 0 Å². The predicted molar refractivity (Wildman–Crippen MR) is 92.4 cm³/mol. The van der Waals surface area contributed by atoms with Gasteiger partial charge in [-0.1, -0.05) is 17.7 Å². The number of aryl methyl sites for hydroxylation is 2. The third-order valence-electron chi connectivity index (χ3n) is 3.97. The number of carbonyl (C=O) groups is 1. The van der Waals surface area contributed by atoms with Crippen LogP contribution in [0.5, 0.6) is 0 Å². The Morgan fingerprint density at radius 2 is 2.00 bits per heavy atom. The number of anilines is 2. The maximum Gasteiger partial charge on any atom is 0.259 e. The molecular formula is C17H19ClN4O. The van der Waals surface area contributed by atoms with Gasteiger partial charge in [0.1, 0.15) is 0 Å². The van der Waals surface area contributed by atoms with Crippen molar-refractivity contribution in [1.82, 2.24) is 9.97 Å². The number of rotatable bonds is 3. The van der Waals surface area contributed by atoms with Crippen molar-refractivity contribution in [3.8, 4) is 0 Å². The van der Waals surface area contributed by atoms with E-state index >= 15 is 0 Å². The first kappa shape index (κ1) is 15.7. The molecule has 0 atom stereocenters. The molecule has 6 heteroatoms. The number of nitrogens with one attached hydrogen (secondary N) is 1. The van der Waals surface area contributed by atoms with Crippen molar-refractivity contribution in [2.45, 2.75) is 26.7 Å². The molecule has 2 heterocycles. The zero-order valence-electron chi connectivity index (χ0n) is 13.3. The summed E-state index contributed by atoms with van der Waals surface area (Å²) < 4.78 is 0. The smallest absolute Gasteiger partial charge is 0.259 e. The molecule has 120 valence electrons. The van der Waals surface area contributed by atoms with Crippen molar-refractivity contribution in [3.05, 3.63) is 46.2 Å². The van der Waals surface area contributed by atoms with Gasteiger partial charge < -0.3 is 10.2 Å². The first-order valence-corrected chi connectivity index (χ1v) is 8.08. The molecular weight excluding hydrogens is 312 g/mol. The second kappa shape index (κ2) is 6.54. The highest BCUT2D eigenvalue weighted by Gasteiger charge is 2.18. The molecule has 1 aromatic carbocycles. The van der Waals surface area contributed by atoms with Crippen LogP contribution >= 0.6 is 11.6 Å². The number of halogens is 1. The monoisotopic (exact) mass is 330 g/mol. The van der Waals surface area contributed by atoms with Crippen molar-refractivity contribution >= 4 is 29.1 Å². The second-order valence-electron chi connectivity index (χ2n) is 5.80. The molecule has 1 aliphatic rings. The van der Waals surface area contributed by atoms with Crippen molar-refractivity contribution in [3.63, 3.8) is 0 Å². The van der Waals surface area contributed by atoms with Gasteiger partial charge >= 0.3 is 0 Å². The average molecular weight is 331 g/mol. The first-order chi connectivity index (χ1) is 11.0. The molecule has 1 amide bonds. The molecule has 1 saturated heterocycles. The van der Waals surface area contributed by atoms with E-state index < -0.39 is 0 Å². The van der Waals surface area contributed by atoms with E-state index in [4.69, 9.17) is 11.6 Å². The zero-order valence-corrected chi connectivity index (χ0v) is 14.0. The van der Waals surface area contributed by atoms with Crippen molar-refractivity contribution in [2.75, 3.05) is 23.3 Å². The van der Waals surface area contributed by atoms with Gasteiger partial charge in [0, 0.05) is 19.3 Å². The van der Waals surface area contributed by atoms with Crippen LogP contribution in [-0.4, -0.2) is 29.0 Å². The zero-order chi connectivity index (χ0) is 16.4. The Kier molecular flexibility index (Phi) is 4.48. The topological polar surface area (TPSA) is 58.1 Å². The van der Waals surface area contributed by atoms with Crippen LogP contribution in [0.3, 0.4) is 0 Å². The molecule has 0 saturated carbocycles. The Morgan fingerprint density at radius 3 is 2.65 bits per heavy atom. The minimum absolute atomic E-state index is 0.249. The summed E-state index contributed by atoms with van der Waals surface area (Å²) in [5, 5.41) is 3.34. The maximum absolute atomic E-state index is 12.4. The van der Waals surface area contributed by atoms with Crippen LogP contribution in [0.1, 0.15) is 34.5 Å². The molecule has 5 nitrogen and oxygen atoms in total. The number of hydrogen-bond donors (Lipinski definition) is 1. The summed E-state index contributed by atoms with van der Waals surface area (Å²) in [7, 11) is 0. The fourth-order valence-electron chi connectivity index (χ4n) is 2.66. The summed E-state index contributed by atoms with van der Waals surface area (Å²) in [5.41, 5.74) is 2.76. The van der Waals surface area contributed by atoms with E-state index in [0.29, 0.717) is 27.9 Å². The molecule has 0 radical (unpaired) electrons. The lowest BCUT2D eigenvalue weighted by Crippen LogP contribution is -2.22. The average Bonchev–Trinajstić information content (AvgIpc) is 3.04. The summed E-state index contributed by atoms with van der Waals surface area (Å²) in [6.45, 7) is 5.73. The van der Waals surface area contributed by atoms with Gasteiger partial charge in [0.15, 0.2) is 0 Å². The third-order valence-corrected chi connectivity index (χ3v) is 4.29. The molecule has 0 spiro atoms. The fraction of sp³-hybridized carbons (Fsp3) is 0.353. The van der Waals surface area contributed by atoms with E-state index in [9.17, 15) is 4.79 Å². The summed E-state index contributed by atoms with van der Waals surface area (Å²) >= 11 is 6.16. The van der Waals surface area contributed by atoms with E-state index in [1.165, 1.54) is 0 Å². The van der Waals surface area contributed by atoms with Gasteiger partial charge in [0.05, 0.1) is 22.0 Å². The third kappa shape index (κ3) is 3.45. The van der Waals surface area contributed by atoms with Gasteiger partial charge in [0.25, 0.3) is 5.91 Å². The Balaban J connectivity index is 1.79. The van der Waals surface area contributed by atoms with E-state index in [0.717, 1.165) is 31.5 Å². The van der Waals surface area contributed by atoms with Crippen LogP contribution < -0.4 is 10.2 Å². The summed E-state index contributed by atoms with van der Waals surface area (Å²) in [5.74, 6) is 0.450. The molecule has 0 aliphatic carbocycles. The summed E-state index contributed by atoms with van der Waals surface area (Å²) in [4.78, 5) is 23.4.